The van der Waals surface area contributed by atoms with Gasteiger partial charge < -0.3 is 14.7 Å². The fourth-order valence-corrected chi connectivity index (χ4v) is 2.85. The zero-order valence-corrected chi connectivity index (χ0v) is 11.5. The quantitative estimate of drug-likeness (QED) is 0.774. The minimum atomic E-state index is -0.762. The molecular weight excluding hydrogens is 248 g/mol. The Balaban J connectivity index is 1.84. The van der Waals surface area contributed by atoms with Gasteiger partial charge in [-0.3, -0.25) is 14.5 Å². The van der Waals surface area contributed by atoms with Gasteiger partial charge in [0.05, 0.1) is 25.2 Å². The number of carbonyl (C=O) groups excluding carboxylic acids is 1. The largest absolute Gasteiger partial charge is 0.481 e. The second kappa shape index (κ2) is 5.88. The van der Waals surface area contributed by atoms with Gasteiger partial charge in [-0.05, 0) is 12.8 Å². The molecule has 0 saturated carbocycles. The van der Waals surface area contributed by atoms with Crippen LogP contribution in [0.4, 0.5) is 0 Å². The Bertz CT molecular complexity index is 361. The monoisotopic (exact) mass is 270 g/mol. The highest BCUT2D eigenvalue weighted by molar-refractivity contribution is 5.78. The highest BCUT2D eigenvalue weighted by Crippen LogP contribution is 2.23. The van der Waals surface area contributed by atoms with E-state index in [-0.39, 0.29) is 23.8 Å². The van der Waals surface area contributed by atoms with E-state index in [1.807, 2.05) is 23.6 Å². The number of carboxylic acids is 1. The number of carbonyl (C=O) groups is 2. The van der Waals surface area contributed by atoms with E-state index < -0.39 is 5.97 Å². The van der Waals surface area contributed by atoms with Crippen molar-refractivity contribution in [3.05, 3.63) is 0 Å². The molecule has 0 aromatic rings. The van der Waals surface area contributed by atoms with Gasteiger partial charge in [0, 0.05) is 26.2 Å². The van der Waals surface area contributed by atoms with Crippen molar-refractivity contribution in [1.29, 1.82) is 0 Å². The minimum absolute atomic E-state index is 0.0772. The Morgan fingerprint density at radius 1 is 1.26 bits per heavy atom. The molecule has 0 radical (unpaired) electrons. The maximum absolute atomic E-state index is 12.2. The molecule has 0 bridgehead atoms. The third kappa shape index (κ3) is 3.45. The average Bonchev–Trinajstić information content (AvgIpc) is 2.70. The van der Waals surface area contributed by atoms with Crippen LogP contribution in [0.15, 0.2) is 0 Å². The summed E-state index contributed by atoms with van der Waals surface area (Å²) in [5.41, 5.74) is 0. The van der Waals surface area contributed by atoms with Gasteiger partial charge in [-0.2, -0.15) is 0 Å². The summed E-state index contributed by atoms with van der Waals surface area (Å²) in [4.78, 5) is 27.0. The van der Waals surface area contributed by atoms with E-state index in [1.54, 1.807) is 0 Å². The van der Waals surface area contributed by atoms with Crippen LogP contribution in [-0.4, -0.2) is 72.2 Å². The third-order valence-electron chi connectivity index (χ3n) is 3.96. The smallest absolute Gasteiger partial charge is 0.308 e. The molecule has 2 fully saturated rings. The van der Waals surface area contributed by atoms with E-state index in [4.69, 9.17) is 9.84 Å². The second-order valence-corrected chi connectivity index (χ2v) is 5.64. The van der Waals surface area contributed by atoms with Crippen molar-refractivity contribution in [3.63, 3.8) is 0 Å². The van der Waals surface area contributed by atoms with Crippen LogP contribution in [-0.2, 0) is 14.3 Å². The van der Waals surface area contributed by atoms with E-state index in [1.165, 1.54) is 0 Å². The Hall–Kier alpha value is -1.14. The van der Waals surface area contributed by atoms with Gasteiger partial charge >= 0.3 is 5.97 Å². The molecule has 2 aliphatic heterocycles. The van der Waals surface area contributed by atoms with E-state index in [9.17, 15) is 9.59 Å². The highest BCUT2D eigenvalue weighted by atomic mass is 16.5. The summed E-state index contributed by atoms with van der Waals surface area (Å²) in [7, 11) is 0. The van der Waals surface area contributed by atoms with Gasteiger partial charge in [0.15, 0.2) is 0 Å². The molecule has 3 atom stereocenters. The molecule has 2 saturated heterocycles. The van der Waals surface area contributed by atoms with Crippen molar-refractivity contribution in [2.45, 2.75) is 20.0 Å². The number of ether oxygens (including phenoxy) is 1. The van der Waals surface area contributed by atoms with Crippen LogP contribution < -0.4 is 0 Å². The van der Waals surface area contributed by atoms with E-state index in [0.29, 0.717) is 39.3 Å². The van der Waals surface area contributed by atoms with Crippen molar-refractivity contribution >= 4 is 11.9 Å². The standard InChI is InChI=1S/C13H22N2O4/c1-9-5-14(7-11(9)13(17)18)8-12(16)15-3-4-19-10(2)6-15/h9-11H,3-8H2,1-2H3,(H,17,18). The van der Waals surface area contributed by atoms with E-state index >= 15 is 0 Å². The van der Waals surface area contributed by atoms with Crippen molar-refractivity contribution in [2.75, 3.05) is 39.3 Å². The lowest BCUT2D eigenvalue weighted by atomic mass is 9.99. The second-order valence-electron chi connectivity index (χ2n) is 5.64. The third-order valence-corrected chi connectivity index (χ3v) is 3.96. The summed E-state index contributed by atoms with van der Waals surface area (Å²) in [6.07, 6.45) is 0.0852. The number of likely N-dealkylation sites (tertiary alicyclic amines) is 1. The number of hydrogen-bond donors (Lipinski definition) is 1. The SMILES string of the molecule is CC1CN(C(=O)CN2CC(C)C(C(=O)O)C2)CCO1. The van der Waals surface area contributed by atoms with Gasteiger partial charge in [-0.25, -0.2) is 0 Å². The van der Waals surface area contributed by atoms with Crippen molar-refractivity contribution in [2.24, 2.45) is 11.8 Å². The Morgan fingerprint density at radius 3 is 2.58 bits per heavy atom. The summed E-state index contributed by atoms with van der Waals surface area (Å²) in [5.74, 6) is -0.929. The molecular formula is C13H22N2O4. The molecule has 1 amide bonds. The number of rotatable bonds is 3. The lowest BCUT2D eigenvalue weighted by Gasteiger charge is -2.32. The average molecular weight is 270 g/mol. The first-order valence-corrected chi connectivity index (χ1v) is 6.82. The number of aliphatic carboxylic acids is 1. The van der Waals surface area contributed by atoms with Gasteiger partial charge in [-0.1, -0.05) is 6.92 Å². The number of morpholine rings is 1. The van der Waals surface area contributed by atoms with E-state index in [0.717, 1.165) is 0 Å². The number of amides is 1. The fourth-order valence-electron chi connectivity index (χ4n) is 2.85. The Morgan fingerprint density at radius 2 is 2.00 bits per heavy atom. The molecule has 0 aliphatic carbocycles. The molecule has 0 spiro atoms. The van der Waals surface area contributed by atoms with Gasteiger partial charge in [-0.15, -0.1) is 0 Å². The zero-order valence-electron chi connectivity index (χ0n) is 11.5. The summed E-state index contributed by atoms with van der Waals surface area (Å²) in [6, 6.07) is 0. The molecule has 19 heavy (non-hydrogen) atoms. The van der Waals surface area contributed by atoms with Crippen molar-refractivity contribution < 1.29 is 19.4 Å². The Kier molecular flexibility index (Phi) is 4.42. The first-order valence-electron chi connectivity index (χ1n) is 6.82. The maximum Gasteiger partial charge on any atom is 0.308 e. The van der Waals surface area contributed by atoms with Crippen molar-refractivity contribution in [1.82, 2.24) is 9.80 Å². The highest BCUT2D eigenvalue weighted by Gasteiger charge is 2.36. The zero-order chi connectivity index (χ0) is 14.0. The van der Waals surface area contributed by atoms with Crippen LogP contribution in [0.5, 0.6) is 0 Å². The van der Waals surface area contributed by atoms with Gasteiger partial charge in [0.1, 0.15) is 0 Å². The first-order chi connectivity index (χ1) is 8.97. The maximum atomic E-state index is 12.2. The first kappa shape index (κ1) is 14.3. The summed E-state index contributed by atoms with van der Waals surface area (Å²) < 4.78 is 5.41. The Labute approximate surface area is 113 Å². The van der Waals surface area contributed by atoms with Crippen LogP contribution in [0.25, 0.3) is 0 Å². The van der Waals surface area contributed by atoms with Crippen LogP contribution >= 0.6 is 0 Å². The summed E-state index contributed by atoms with van der Waals surface area (Å²) >= 11 is 0. The van der Waals surface area contributed by atoms with Crippen LogP contribution in [0, 0.1) is 11.8 Å². The number of carboxylic acid groups (broad SMARTS) is 1. The van der Waals surface area contributed by atoms with Crippen LogP contribution in [0.3, 0.4) is 0 Å². The molecule has 3 unspecified atom stereocenters. The number of hydrogen-bond acceptors (Lipinski definition) is 4. The van der Waals surface area contributed by atoms with E-state index in [2.05, 4.69) is 0 Å². The molecule has 1 N–H and O–H groups in total. The minimum Gasteiger partial charge on any atom is -0.481 e. The molecule has 2 rings (SSSR count). The normalized spacial score (nSPS) is 32.5. The molecule has 6 heteroatoms. The molecule has 6 nitrogen and oxygen atoms in total. The number of nitrogens with zero attached hydrogens (tertiary/aromatic N) is 2. The molecule has 2 aliphatic rings. The lowest BCUT2D eigenvalue weighted by Crippen LogP contribution is -2.48. The molecule has 108 valence electrons. The molecule has 0 aromatic heterocycles. The predicted octanol–water partition coefficient (Wildman–Crippen LogP) is -0.114. The van der Waals surface area contributed by atoms with Crippen LogP contribution in [0.1, 0.15) is 13.8 Å². The van der Waals surface area contributed by atoms with Crippen molar-refractivity contribution in [3.8, 4) is 0 Å². The van der Waals surface area contributed by atoms with Crippen LogP contribution in [0.2, 0.25) is 0 Å². The summed E-state index contributed by atoms with van der Waals surface area (Å²) in [5, 5.41) is 9.08. The molecule has 2 heterocycles. The predicted molar refractivity (Wildman–Crippen MR) is 68.7 cm³/mol. The molecule has 0 aromatic carbocycles. The fraction of sp³-hybridized carbons (Fsp3) is 0.846. The lowest BCUT2D eigenvalue weighted by molar-refractivity contribution is -0.143. The van der Waals surface area contributed by atoms with Gasteiger partial charge in [0.2, 0.25) is 5.91 Å². The summed E-state index contributed by atoms with van der Waals surface area (Å²) in [6.45, 7) is 7.21. The topological polar surface area (TPSA) is 70.1 Å². The van der Waals surface area contributed by atoms with Gasteiger partial charge in [0.25, 0.3) is 0 Å².